The van der Waals surface area contributed by atoms with Crippen LogP contribution in [-0.2, 0) is 10.1 Å². The van der Waals surface area contributed by atoms with Crippen LogP contribution in [0.15, 0.2) is 0 Å². The SMILES string of the molecule is CS(C)=P(O)(O)O.[NaH]. The van der Waals surface area contributed by atoms with Crippen molar-refractivity contribution >= 4 is 46.3 Å². The molecule has 0 saturated carbocycles. The summed E-state index contributed by atoms with van der Waals surface area (Å²) in [7, 11) is -0.655. The van der Waals surface area contributed by atoms with Crippen molar-refractivity contribution in [1.82, 2.24) is 0 Å². The van der Waals surface area contributed by atoms with E-state index in [4.69, 9.17) is 14.7 Å². The van der Waals surface area contributed by atoms with E-state index >= 15 is 0 Å². The first-order valence-electron chi connectivity index (χ1n) is 1.60. The Labute approximate surface area is 73.2 Å². The Morgan fingerprint density at radius 3 is 1.25 bits per heavy atom. The van der Waals surface area contributed by atoms with Gasteiger partial charge in [-0.2, -0.15) is 0 Å². The molecule has 0 unspecified atom stereocenters. The second-order valence-electron chi connectivity index (χ2n) is 1.29. The van der Waals surface area contributed by atoms with Gasteiger partial charge in [-0.15, -0.1) is 10.1 Å². The molecule has 0 atom stereocenters. The molecule has 0 aliphatic carbocycles. The summed E-state index contributed by atoms with van der Waals surface area (Å²) in [4.78, 5) is 25.0. The zero-order chi connectivity index (χ0) is 6.08. The zero-order valence-electron chi connectivity index (χ0n) is 4.20. The van der Waals surface area contributed by atoms with E-state index in [1.165, 1.54) is 0 Å². The predicted octanol–water partition coefficient (Wildman–Crippen LogP) is -1.13. The zero-order valence-corrected chi connectivity index (χ0v) is 5.91. The second-order valence-corrected chi connectivity index (χ2v) is 7.52. The van der Waals surface area contributed by atoms with Crippen molar-refractivity contribution in [2.24, 2.45) is 0 Å². The van der Waals surface area contributed by atoms with Crippen molar-refractivity contribution in [3.8, 4) is 0 Å². The maximum atomic E-state index is 8.33. The summed E-state index contributed by atoms with van der Waals surface area (Å²) >= 11 is 0. The number of hydrogen-bond acceptors (Lipinski definition) is 0. The first-order valence-corrected chi connectivity index (χ1v) is 5.89. The molecule has 0 aromatic rings. The van der Waals surface area contributed by atoms with E-state index in [1.807, 2.05) is 0 Å². The van der Waals surface area contributed by atoms with E-state index in [9.17, 15) is 0 Å². The van der Waals surface area contributed by atoms with E-state index in [-0.39, 0.29) is 29.6 Å². The third-order valence-electron chi connectivity index (χ3n) is 0.490. The molecule has 0 aromatic carbocycles. The molecule has 3 N–H and O–H groups in total. The van der Waals surface area contributed by atoms with Gasteiger partial charge in [0.25, 0.3) is 6.72 Å². The summed E-state index contributed by atoms with van der Waals surface area (Å²) in [6.07, 6.45) is 3.15. The fourth-order valence-corrected chi connectivity index (χ4v) is 0. The fraction of sp³-hybridized carbons (Fsp3) is 1.00. The summed E-state index contributed by atoms with van der Waals surface area (Å²) < 4.78 is 0. The minimum atomic E-state index is -3.46. The second kappa shape index (κ2) is 4.47. The van der Waals surface area contributed by atoms with Gasteiger partial charge in [-0.05, 0) is 12.5 Å². The van der Waals surface area contributed by atoms with E-state index in [2.05, 4.69) is 0 Å². The van der Waals surface area contributed by atoms with Crippen LogP contribution in [-0.4, -0.2) is 56.7 Å². The number of hydrogen-bond donors (Lipinski definition) is 3. The van der Waals surface area contributed by atoms with Gasteiger partial charge >= 0.3 is 29.6 Å². The van der Waals surface area contributed by atoms with Gasteiger partial charge in [-0.1, -0.05) is 0 Å². The Morgan fingerprint density at radius 2 is 1.25 bits per heavy atom. The summed E-state index contributed by atoms with van der Waals surface area (Å²) in [5, 5.41) is 0. The first-order chi connectivity index (χ1) is 2.94. The van der Waals surface area contributed by atoms with Crippen LogP contribution in [0.3, 0.4) is 0 Å². The summed E-state index contributed by atoms with van der Waals surface area (Å²) in [6, 6.07) is 0. The molecule has 0 fully saturated rings. The first kappa shape index (κ1) is 12.3. The molecule has 0 rings (SSSR count). The van der Waals surface area contributed by atoms with E-state index in [1.54, 1.807) is 12.5 Å². The summed E-state index contributed by atoms with van der Waals surface area (Å²) in [6.45, 7) is -3.46. The average molecular weight is 168 g/mol. The molecule has 48 valence electrons. The van der Waals surface area contributed by atoms with Crippen molar-refractivity contribution in [2.75, 3.05) is 12.5 Å². The quantitative estimate of drug-likeness (QED) is 0.317. The van der Waals surface area contributed by atoms with E-state index < -0.39 is 16.8 Å². The third kappa shape index (κ3) is 5.79. The Morgan fingerprint density at radius 1 is 1.12 bits per heavy atom. The molecular formula is C2H10NaO3PS. The Bertz CT molecular complexity index is 106. The molecule has 0 aliphatic heterocycles. The molecule has 0 bridgehead atoms. The fourth-order valence-electron chi connectivity index (χ4n) is 0. The molecule has 0 saturated heterocycles. The van der Waals surface area contributed by atoms with Gasteiger partial charge in [0.15, 0.2) is 0 Å². The molecule has 0 radical (unpaired) electrons. The van der Waals surface area contributed by atoms with Crippen LogP contribution in [0.1, 0.15) is 0 Å². The topological polar surface area (TPSA) is 60.7 Å². The standard InChI is InChI=1S/C2H9O3PS.Na.H/c1-7(2)6(3,4)5;;/h3-5H,1-2H3;;. The van der Waals surface area contributed by atoms with Gasteiger partial charge in [0, 0.05) is 0 Å². The summed E-state index contributed by atoms with van der Waals surface area (Å²) in [5.41, 5.74) is 0. The van der Waals surface area contributed by atoms with Crippen LogP contribution in [0.5, 0.6) is 0 Å². The molecule has 8 heavy (non-hydrogen) atoms. The molecule has 0 spiro atoms. The third-order valence-corrected chi connectivity index (χ3v) is 4.41. The predicted molar refractivity (Wildman–Crippen MR) is 39.9 cm³/mol. The maximum absolute atomic E-state index is 8.33. The average Bonchev–Trinajstić information content (AvgIpc) is 1.31. The molecular weight excluding hydrogens is 158 g/mol. The Kier molecular flexibility index (Phi) is 6.90. The van der Waals surface area contributed by atoms with E-state index in [0.29, 0.717) is 0 Å². The van der Waals surface area contributed by atoms with Gasteiger partial charge in [0.05, 0.1) is 0 Å². The molecule has 0 amide bonds. The monoisotopic (exact) mass is 168 g/mol. The number of rotatable bonds is 0. The van der Waals surface area contributed by atoms with Crippen molar-refractivity contribution in [1.29, 1.82) is 0 Å². The van der Waals surface area contributed by atoms with E-state index in [0.717, 1.165) is 0 Å². The van der Waals surface area contributed by atoms with Gasteiger partial charge < -0.3 is 14.7 Å². The Hall–Kier alpha value is 1.66. The van der Waals surface area contributed by atoms with Crippen LogP contribution in [0.2, 0.25) is 0 Å². The Balaban J connectivity index is 0. The van der Waals surface area contributed by atoms with Gasteiger partial charge in [0.2, 0.25) is 0 Å². The molecule has 3 nitrogen and oxygen atoms in total. The van der Waals surface area contributed by atoms with Crippen molar-refractivity contribution in [3.63, 3.8) is 0 Å². The van der Waals surface area contributed by atoms with Crippen molar-refractivity contribution < 1.29 is 14.7 Å². The van der Waals surface area contributed by atoms with Crippen LogP contribution < -0.4 is 0 Å². The van der Waals surface area contributed by atoms with Crippen LogP contribution in [0.4, 0.5) is 0 Å². The van der Waals surface area contributed by atoms with Gasteiger partial charge in [0.1, 0.15) is 0 Å². The molecule has 6 heteroatoms. The van der Waals surface area contributed by atoms with Crippen LogP contribution in [0, 0.1) is 0 Å². The molecule has 0 heterocycles. The molecule has 0 aromatic heterocycles. The van der Waals surface area contributed by atoms with Crippen LogP contribution >= 0.6 is 6.72 Å². The van der Waals surface area contributed by atoms with Gasteiger partial charge in [-0.3, -0.25) is 0 Å². The van der Waals surface area contributed by atoms with Crippen molar-refractivity contribution in [3.05, 3.63) is 0 Å². The summed E-state index contributed by atoms with van der Waals surface area (Å²) in [5.74, 6) is 0. The minimum absolute atomic E-state index is 0. The van der Waals surface area contributed by atoms with Gasteiger partial charge in [-0.25, -0.2) is 0 Å². The van der Waals surface area contributed by atoms with Crippen LogP contribution in [0.25, 0.3) is 0 Å². The van der Waals surface area contributed by atoms with Crippen molar-refractivity contribution in [2.45, 2.75) is 0 Å². The molecule has 0 aliphatic rings. The normalized spacial score (nSPS) is 11.2.